The van der Waals surface area contributed by atoms with Crippen molar-refractivity contribution in [2.75, 3.05) is 49.8 Å². The highest BCUT2D eigenvalue weighted by Crippen LogP contribution is 2.08. The minimum atomic E-state index is -2.59. The van der Waals surface area contributed by atoms with E-state index in [0.717, 1.165) is 20.7 Å². The van der Waals surface area contributed by atoms with Gasteiger partial charge in [0.25, 0.3) is 0 Å². The van der Waals surface area contributed by atoms with E-state index in [0.29, 0.717) is 0 Å². The molecule has 0 spiro atoms. The van der Waals surface area contributed by atoms with Crippen molar-refractivity contribution in [1.29, 1.82) is 0 Å². The van der Waals surface area contributed by atoms with E-state index in [1.807, 2.05) is 104 Å². The fourth-order valence-electron chi connectivity index (χ4n) is 4.34. The van der Waals surface area contributed by atoms with Gasteiger partial charge < -0.3 is 31.0 Å². The highest BCUT2D eigenvalue weighted by Gasteiger charge is 2.41. The van der Waals surface area contributed by atoms with Crippen LogP contribution < -0.4 is 20.7 Å². The summed E-state index contributed by atoms with van der Waals surface area (Å²) >= 11 is 0. The molecule has 0 saturated carbocycles. The van der Waals surface area contributed by atoms with E-state index in [1.165, 1.54) is 0 Å². The molecule has 4 aromatic carbocycles. The van der Waals surface area contributed by atoms with Gasteiger partial charge in [-0.05, 0) is 22.1 Å². The maximum absolute atomic E-state index is 5.78. The normalized spacial score (nSPS) is 11.5. The lowest BCUT2D eigenvalue weighted by Gasteiger charge is -2.27. The van der Waals surface area contributed by atoms with E-state index in [4.69, 9.17) is 31.0 Å². The Bertz CT molecular complexity index is 1190. The molecule has 0 radical (unpaired) electrons. The summed E-state index contributed by atoms with van der Waals surface area (Å²) in [5, 5.41) is 4.38. The summed E-state index contributed by atoms with van der Waals surface area (Å²) in [7, 11) is 4.48. The molecule has 42 heavy (non-hydrogen) atoms. The molecule has 0 bridgehead atoms. The van der Waals surface area contributed by atoms with Crippen LogP contribution in [0.2, 0.25) is 6.55 Å². The van der Waals surface area contributed by atoms with Gasteiger partial charge in [-0.1, -0.05) is 121 Å². The zero-order valence-electron chi connectivity index (χ0n) is 25.9. The molecule has 226 valence electrons. The van der Waals surface area contributed by atoms with E-state index >= 15 is 0 Å². The average molecular weight is 625 g/mol. The summed E-state index contributed by atoms with van der Waals surface area (Å²) in [6, 6.07) is 40.1. The molecule has 0 unspecified atom stereocenters. The summed E-state index contributed by atoms with van der Waals surface area (Å²) in [6.07, 6.45) is 0. The topological polar surface area (TPSA) is 64.6 Å². The van der Waals surface area contributed by atoms with Gasteiger partial charge in [0.05, 0.1) is 0 Å². The van der Waals surface area contributed by atoms with Gasteiger partial charge in [-0.15, -0.1) is 0 Å². The lowest BCUT2D eigenvalue weighted by Crippen LogP contribution is -2.62. The van der Waals surface area contributed by atoms with Gasteiger partial charge in [-0.3, -0.25) is 0 Å². The summed E-state index contributed by atoms with van der Waals surface area (Å²) in [6.45, 7) is 2.03. The van der Waals surface area contributed by atoms with Crippen molar-refractivity contribution in [3.05, 3.63) is 121 Å². The first-order valence-electron chi connectivity index (χ1n) is 13.4. The first kappa shape index (κ1) is 35.4. The SMILES string of the molecule is CO[Si](C)(OC)c1ccccc1.CO[Si](OC)(OC)c1ccccc1.CO[Si](OC)(c1ccccc1)c1ccccc1. The van der Waals surface area contributed by atoms with E-state index in [1.54, 1.807) is 49.8 Å². The van der Waals surface area contributed by atoms with Gasteiger partial charge in [-0.25, -0.2) is 0 Å². The fourth-order valence-corrected chi connectivity index (χ4v) is 10.3. The van der Waals surface area contributed by atoms with Crippen molar-refractivity contribution < 1.29 is 31.0 Å². The van der Waals surface area contributed by atoms with Gasteiger partial charge in [0, 0.05) is 55.0 Å². The van der Waals surface area contributed by atoms with Crippen molar-refractivity contribution in [3.8, 4) is 0 Å². The number of rotatable bonds is 11. The van der Waals surface area contributed by atoms with Gasteiger partial charge in [0.1, 0.15) is 0 Å². The molecular weight excluding hydrogens is 581 g/mol. The molecule has 4 aromatic rings. The van der Waals surface area contributed by atoms with Crippen LogP contribution in [-0.2, 0) is 31.0 Å². The van der Waals surface area contributed by atoms with E-state index < -0.39 is 25.9 Å². The Morgan fingerprint density at radius 2 is 0.619 bits per heavy atom. The van der Waals surface area contributed by atoms with Crippen LogP contribution >= 0.6 is 0 Å². The summed E-state index contributed by atoms with van der Waals surface area (Å²) in [5.74, 6) is 0. The van der Waals surface area contributed by atoms with Crippen molar-refractivity contribution in [1.82, 2.24) is 0 Å². The molecule has 4 rings (SSSR count). The minimum Gasteiger partial charge on any atom is -0.394 e. The zero-order valence-corrected chi connectivity index (χ0v) is 28.9. The van der Waals surface area contributed by atoms with E-state index in [2.05, 4.69) is 24.3 Å². The van der Waals surface area contributed by atoms with Crippen molar-refractivity contribution in [2.24, 2.45) is 0 Å². The quantitative estimate of drug-likeness (QED) is 0.237. The Morgan fingerprint density at radius 3 is 0.881 bits per heavy atom. The second kappa shape index (κ2) is 18.0. The molecule has 10 heteroatoms. The third-order valence-electron chi connectivity index (χ3n) is 6.89. The van der Waals surface area contributed by atoms with Crippen molar-refractivity contribution in [3.63, 3.8) is 0 Å². The van der Waals surface area contributed by atoms with Crippen LogP contribution in [0, 0.1) is 0 Å². The van der Waals surface area contributed by atoms with Crippen molar-refractivity contribution >= 4 is 46.7 Å². The molecule has 7 nitrogen and oxygen atoms in total. The summed E-state index contributed by atoms with van der Waals surface area (Å²) in [5.41, 5.74) is 0. The third-order valence-corrected chi connectivity index (χ3v) is 15.8. The molecule has 0 aromatic heterocycles. The van der Waals surface area contributed by atoms with Crippen LogP contribution in [0.1, 0.15) is 0 Å². The van der Waals surface area contributed by atoms with Crippen LogP contribution in [0.3, 0.4) is 0 Å². The molecular formula is C32H44O7Si3. The monoisotopic (exact) mass is 624 g/mol. The third kappa shape index (κ3) is 8.88. The minimum absolute atomic E-state index is 0.975. The molecule has 0 heterocycles. The average Bonchev–Trinajstić information content (AvgIpc) is 3.09. The molecule has 0 aliphatic heterocycles. The maximum atomic E-state index is 5.78. The van der Waals surface area contributed by atoms with Gasteiger partial charge >= 0.3 is 25.9 Å². The Kier molecular flexibility index (Phi) is 15.2. The molecule has 0 fully saturated rings. The smallest absolute Gasteiger partial charge is 0.394 e. The zero-order chi connectivity index (χ0) is 30.9. The highest BCUT2D eigenvalue weighted by molar-refractivity contribution is 6.92. The molecule has 0 aliphatic carbocycles. The van der Waals surface area contributed by atoms with E-state index in [9.17, 15) is 0 Å². The molecule has 0 N–H and O–H groups in total. The van der Waals surface area contributed by atoms with Gasteiger partial charge in [0.2, 0.25) is 0 Å². The van der Waals surface area contributed by atoms with Crippen LogP contribution in [0.4, 0.5) is 0 Å². The first-order chi connectivity index (χ1) is 20.3. The Morgan fingerprint density at radius 1 is 0.333 bits per heavy atom. The Hall–Kier alpha value is -2.75. The predicted molar refractivity (Wildman–Crippen MR) is 176 cm³/mol. The van der Waals surface area contributed by atoms with Gasteiger partial charge in [-0.2, -0.15) is 0 Å². The predicted octanol–water partition coefficient (Wildman–Crippen LogP) is 3.57. The molecule has 0 amide bonds. The molecule has 0 atom stereocenters. The number of hydrogen-bond acceptors (Lipinski definition) is 7. The van der Waals surface area contributed by atoms with Gasteiger partial charge in [0.15, 0.2) is 0 Å². The van der Waals surface area contributed by atoms with Crippen LogP contribution in [0.5, 0.6) is 0 Å². The van der Waals surface area contributed by atoms with Crippen molar-refractivity contribution in [2.45, 2.75) is 6.55 Å². The van der Waals surface area contributed by atoms with Crippen LogP contribution in [0.15, 0.2) is 121 Å². The number of benzene rings is 4. The first-order valence-corrected chi connectivity index (χ1v) is 19.3. The highest BCUT2D eigenvalue weighted by atomic mass is 28.4. The molecule has 0 saturated heterocycles. The standard InChI is InChI=1S/C14H16O2Si.C9H14O3Si.C9H14O2Si/c1-15-17(16-2,13-9-5-3-6-10-13)14-11-7-4-8-12-14;1-10-13(11-2,12-3)9-7-5-4-6-8-9;1-10-12(3,11-2)9-7-5-4-6-8-9/h3-12H,1-2H3;4-8H,1-3H3;4-8H,1-3H3. The fraction of sp³-hybridized carbons (Fsp3) is 0.250. The lowest BCUT2D eigenvalue weighted by molar-refractivity contribution is 0.140. The number of hydrogen-bond donors (Lipinski definition) is 0. The second-order valence-electron chi connectivity index (χ2n) is 9.01. The van der Waals surface area contributed by atoms with E-state index in [-0.39, 0.29) is 0 Å². The Balaban J connectivity index is 0.000000225. The van der Waals surface area contributed by atoms with Crippen LogP contribution in [-0.4, -0.2) is 75.7 Å². The summed E-state index contributed by atoms with van der Waals surface area (Å²) < 4.78 is 38.3. The maximum Gasteiger partial charge on any atom is 0.536 e. The van der Waals surface area contributed by atoms with Crippen LogP contribution in [0.25, 0.3) is 0 Å². The summed E-state index contributed by atoms with van der Waals surface area (Å²) in [4.78, 5) is 0. The lowest BCUT2D eigenvalue weighted by atomic mass is 10.4. The largest absolute Gasteiger partial charge is 0.536 e. The second-order valence-corrected chi connectivity index (χ2v) is 18.4. The Labute approximate surface area is 254 Å². The molecule has 0 aliphatic rings.